The molecule has 1 saturated heterocycles. The average molecular weight is 394 g/mol. The lowest BCUT2D eigenvalue weighted by atomic mass is 9.93. The van der Waals surface area contributed by atoms with E-state index < -0.39 is 24.2 Å². The lowest BCUT2D eigenvalue weighted by molar-refractivity contribution is -0.160. The number of morpholine rings is 1. The van der Waals surface area contributed by atoms with E-state index in [1.165, 1.54) is 7.11 Å². The molecular weight excluding hydrogens is 377 g/mol. The number of carbonyl (C=O) groups excluding carboxylic acids is 2. The molecule has 1 amide bonds. The monoisotopic (exact) mass is 393 g/mol. The van der Waals surface area contributed by atoms with Gasteiger partial charge >= 0.3 is 5.97 Å². The molecule has 26 heavy (non-hydrogen) atoms. The van der Waals surface area contributed by atoms with Gasteiger partial charge in [-0.05, 0) is 35.4 Å². The van der Waals surface area contributed by atoms with Gasteiger partial charge in [0.25, 0.3) is 0 Å². The number of esters is 1. The van der Waals surface area contributed by atoms with Gasteiger partial charge < -0.3 is 14.8 Å². The Morgan fingerprint density at radius 1 is 1.12 bits per heavy atom. The Morgan fingerprint density at radius 3 is 2.50 bits per heavy atom. The lowest BCUT2D eigenvalue weighted by Crippen LogP contribution is -2.48. The summed E-state index contributed by atoms with van der Waals surface area (Å²) in [5.41, 5.74) is 1.64. The van der Waals surface area contributed by atoms with Crippen LogP contribution >= 0.6 is 23.2 Å². The molecule has 1 aliphatic rings. The zero-order valence-corrected chi connectivity index (χ0v) is 15.5. The molecule has 3 unspecified atom stereocenters. The van der Waals surface area contributed by atoms with Crippen LogP contribution in [-0.4, -0.2) is 25.1 Å². The van der Waals surface area contributed by atoms with Crippen LogP contribution in [0.5, 0.6) is 0 Å². The van der Waals surface area contributed by atoms with Crippen molar-refractivity contribution in [2.45, 2.75) is 24.7 Å². The Balaban J connectivity index is 1.95. The number of carbonyl (C=O) groups is 2. The van der Waals surface area contributed by atoms with Gasteiger partial charge in [0.2, 0.25) is 5.91 Å². The quantitative estimate of drug-likeness (QED) is 0.801. The Kier molecular flexibility index (Phi) is 5.81. The normalized spacial score (nSPS) is 22.6. The smallest absolute Gasteiger partial charge is 0.308 e. The third kappa shape index (κ3) is 4.18. The van der Waals surface area contributed by atoms with Crippen LogP contribution in [0.25, 0.3) is 0 Å². The van der Waals surface area contributed by atoms with E-state index in [2.05, 4.69) is 10.1 Å². The van der Waals surface area contributed by atoms with Gasteiger partial charge in [-0.25, -0.2) is 0 Å². The van der Waals surface area contributed by atoms with E-state index in [4.69, 9.17) is 27.9 Å². The maximum absolute atomic E-state index is 12.4. The summed E-state index contributed by atoms with van der Waals surface area (Å²) < 4.78 is 10.7. The minimum Gasteiger partial charge on any atom is -0.469 e. The number of hydrogen-bond acceptors (Lipinski definition) is 4. The van der Waals surface area contributed by atoms with Crippen molar-refractivity contribution in [2.24, 2.45) is 0 Å². The average Bonchev–Trinajstić information content (AvgIpc) is 2.63. The van der Waals surface area contributed by atoms with Crippen LogP contribution in [0.4, 0.5) is 0 Å². The molecule has 136 valence electrons. The van der Waals surface area contributed by atoms with E-state index in [9.17, 15) is 9.59 Å². The summed E-state index contributed by atoms with van der Waals surface area (Å²) in [6.07, 6.45) is -1.61. The second kappa shape index (κ2) is 8.08. The summed E-state index contributed by atoms with van der Waals surface area (Å²) in [4.78, 5) is 24.0. The van der Waals surface area contributed by atoms with Crippen molar-refractivity contribution >= 4 is 35.1 Å². The van der Waals surface area contributed by atoms with Crippen molar-refractivity contribution < 1.29 is 19.1 Å². The van der Waals surface area contributed by atoms with Crippen molar-refractivity contribution in [1.82, 2.24) is 5.32 Å². The fourth-order valence-corrected chi connectivity index (χ4v) is 3.22. The largest absolute Gasteiger partial charge is 0.469 e. The molecule has 1 aliphatic heterocycles. The highest BCUT2D eigenvalue weighted by molar-refractivity contribution is 6.30. The van der Waals surface area contributed by atoms with Crippen molar-refractivity contribution in [3.8, 4) is 0 Å². The van der Waals surface area contributed by atoms with Crippen LogP contribution in [0, 0.1) is 0 Å². The van der Waals surface area contributed by atoms with Crippen molar-refractivity contribution in [2.75, 3.05) is 7.11 Å². The first-order valence-corrected chi connectivity index (χ1v) is 8.77. The highest BCUT2D eigenvalue weighted by atomic mass is 35.5. The van der Waals surface area contributed by atoms with Gasteiger partial charge in [-0.3, -0.25) is 9.59 Å². The van der Waals surface area contributed by atoms with E-state index in [1.807, 2.05) is 24.3 Å². The molecule has 7 heteroatoms. The highest BCUT2D eigenvalue weighted by Crippen LogP contribution is 2.38. The zero-order valence-electron chi connectivity index (χ0n) is 13.9. The Labute approximate surface area is 161 Å². The van der Waals surface area contributed by atoms with Crippen LogP contribution in [0.2, 0.25) is 10.0 Å². The van der Waals surface area contributed by atoms with Crippen LogP contribution in [0.3, 0.4) is 0 Å². The molecule has 2 aromatic rings. The molecule has 0 aliphatic carbocycles. The number of amides is 1. The maximum Gasteiger partial charge on any atom is 0.308 e. The van der Waals surface area contributed by atoms with Gasteiger partial charge in [0.05, 0.1) is 19.6 Å². The Hall–Kier alpha value is -2.08. The van der Waals surface area contributed by atoms with Crippen LogP contribution in [0.1, 0.15) is 29.7 Å². The molecule has 1 N–H and O–H groups in total. The molecule has 3 rings (SSSR count). The Bertz CT molecular complexity index is 809. The van der Waals surface area contributed by atoms with Gasteiger partial charge in [0.1, 0.15) is 12.2 Å². The third-order valence-electron chi connectivity index (χ3n) is 4.19. The van der Waals surface area contributed by atoms with E-state index in [0.29, 0.717) is 10.0 Å². The van der Waals surface area contributed by atoms with Crippen LogP contribution in [-0.2, 0) is 19.1 Å². The van der Waals surface area contributed by atoms with Gasteiger partial charge in [0.15, 0.2) is 0 Å². The molecule has 0 radical (unpaired) electrons. The van der Waals surface area contributed by atoms with Crippen molar-refractivity contribution in [3.63, 3.8) is 0 Å². The summed E-state index contributed by atoms with van der Waals surface area (Å²) in [5.74, 6) is -0.881. The number of nitrogens with one attached hydrogen (secondary N) is 1. The molecule has 0 saturated carbocycles. The topological polar surface area (TPSA) is 64.6 Å². The fourth-order valence-electron chi connectivity index (χ4n) is 2.90. The van der Waals surface area contributed by atoms with E-state index in [0.717, 1.165) is 11.1 Å². The zero-order chi connectivity index (χ0) is 18.7. The molecule has 3 atom stereocenters. The van der Waals surface area contributed by atoms with Crippen molar-refractivity contribution in [3.05, 3.63) is 69.7 Å². The summed E-state index contributed by atoms with van der Waals surface area (Å²) in [7, 11) is 1.27. The number of halogens is 2. The second-order valence-corrected chi connectivity index (χ2v) is 6.79. The van der Waals surface area contributed by atoms with Crippen LogP contribution in [0.15, 0.2) is 48.5 Å². The molecule has 0 aromatic heterocycles. The first-order chi connectivity index (χ1) is 12.5. The Morgan fingerprint density at radius 2 is 1.85 bits per heavy atom. The SMILES string of the molecule is COC(=O)CC1OC(c2cccc(Cl)c2)C(c2ccc(Cl)cc2)NC1=O. The van der Waals surface area contributed by atoms with Crippen LogP contribution < -0.4 is 5.32 Å². The van der Waals surface area contributed by atoms with Gasteiger partial charge in [-0.15, -0.1) is 0 Å². The number of ether oxygens (including phenoxy) is 2. The summed E-state index contributed by atoms with van der Waals surface area (Å²) in [5, 5.41) is 4.10. The standard InChI is InChI=1S/C19H17Cl2NO4/c1-25-16(23)10-15-19(24)22-17(11-5-7-13(20)8-6-11)18(26-15)12-3-2-4-14(21)9-12/h2-9,15,17-18H,10H2,1H3,(H,22,24). The highest BCUT2D eigenvalue weighted by Gasteiger charge is 2.39. The predicted molar refractivity (Wildman–Crippen MR) is 98.0 cm³/mol. The molecular formula is C19H17Cl2NO4. The lowest BCUT2D eigenvalue weighted by Gasteiger charge is -2.37. The maximum atomic E-state index is 12.4. The summed E-state index contributed by atoms with van der Waals surface area (Å²) in [6.45, 7) is 0. The summed E-state index contributed by atoms with van der Waals surface area (Å²) in [6, 6.07) is 13.9. The minimum absolute atomic E-state index is 0.160. The van der Waals surface area contributed by atoms with E-state index >= 15 is 0 Å². The molecule has 1 fully saturated rings. The van der Waals surface area contributed by atoms with E-state index in [1.54, 1.807) is 24.3 Å². The molecule has 0 bridgehead atoms. The fraction of sp³-hybridized carbons (Fsp3) is 0.263. The minimum atomic E-state index is -0.935. The summed E-state index contributed by atoms with van der Waals surface area (Å²) >= 11 is 12.1. The number of benzene rings is 2. The van der Waals surface area contributed by atoms with Gasteiger partial charge in [0, 0.05) is 10.0 Å². The van der Waals surface area contributed by atoms with E-state index in [-0.39, 0.29) is 12.3 Å². The van der Waals surface area contributed by atoms with Crippen molar-refractivity contribution in [1.29, 1.82) is 0 Å². The number of rotatable bonds is 4. The molecule has 5 nitrogen and oxygen atoms in total. The number of hydrogen-bond donors (Lipinski definition) is 1. The van der Waals surface area contributed by atoms with Gasteiger partial charge in [-0.2, -0.15) is 0 Å². The molecule has 2 aromatic carbocycles. The first-order valence-electron chi connectivity index (χ1n) is 8.01. The van der Waals surface area contributed by atoms with Gasteiger partial charge in [-0.1, -0.05) is 47.5 Å². The predicted octanol–water partition coefficient (Wildman–Crippen LogP) is 3.85. The number of methoxy groups -OCH3 is 1. The molecule has 0 spiro atoms. The first kappa shape index (κ1) is 18.7. The molecule has 1 heterocycles. The third-order valence-corrected chi connectivity index (χ3v) is 4.68. The second-order valence-electron chi connectivity index (χ2n) is 5.92.